The number of halogens is 1. The SMILES string of the molecule is C#CC(CCC)NC(=O)c1cc2ccc(F)cc2s1. The first-order chi connectivity index (χ1) is 9.13. The fourth-order valence-electron chi connectivity index (χ4n) is 1.83. The van der Waals surface area contributed by atoms with Gasteiger partial charge in [0.25, 0.3) is 5.91 Å². The predicted octanol–water partition coefficient (Wildman–Crippen LogP) is 3.57. The highest BCUT2D eigenvalue weighted by atomic mass is 32.1. The number of benzene rings is 1. The van der Waals surface area contributed by atoms with Crippen molar-refractivity contribution < 1.29 is 9.18 Å². The zero-order valence-electron chi connectivity index (χ0n) is 10.6. The van der Waals surface area contributed by atoms with Crippen LogP contribution < -0.4 is 5.32 Å². The predicted molar refractivity (Wildman–Crippen MR) is 76.8 cm³/mol. The lowest BCUT2D eigenvalue weighted by Crippen LogP contribution is -2.33. The fourth-order valence-corrected chi connectivity index (χ4v) is 2.82. The highest BCUT2D eigenvalue weighted by Crippen LogP contribution is 2.26. The average molecular weight is 275 g/mol. The molecular weight excluding hydrogens is 261 g/mol. The van der Waals surface area contributed by atoms with Crippen molar-refractivity contribution in [3.05, 3.63) is 35.0 Å². The monoisotopic (exact) mass is 275 g/mol. The van der Waals surface area contributed by atoms with Crippen molar-refractivity contribution in [3.63, 3.8) is 0 Å². The van der Waals surface area contributed by atoms with Crippen LogP contribution in [0.3, 0.4) is 0 Å². The van der Waals surface area contributed by atoms with Gasteiger partial charge in [-0.1, -0.05) is 25.3 Å². The Balaban J connectivity index is 2.20. The van der Waals surface area contributed by atoms with Gasteiger partial charge < -0.3 is 5.32 Å². The van der Waals surface area contributed by atoms with E-state index in [2.05, 4.69) is 11.2 Å². The van der Waals surface area contributed by atoms with Crippen molar-refractivity contribution in [1.82, 2.24) is 5.32 Å². The molecule has 0 spiro atoms. The molecule has 0 saturated heterocycles. The lowest BCUT2D eigenvalue weighted by Gasteiger charge is -2.10. The molecule has 19 heavy (non-hydrogen) atoms. The van der Waals surface area contributed by atoms with E-state index in [-0.39, 0.29) is 17.8 Å². The van der Waals surface area contributed by atoms with Crippen LogP contribution >= 0.6 is 11.3 Å². The van der Waals surface area contributed by atoms with Gasteiger partial charge in [0, 0.05) is 4.70 Å². The Morgan fingerprint density at radius 3 is 3.00 bits per heavy atom. The molecule has 0 aliphatic carbocycles. The Kier molecular flexibility index (Phi) is 4.18. The Labute approximate surface area is 115 Å². The number of nitrogens with one attached hydrogen (secondary N) is 1. The molecule has 1 aromatic heterocycles. The first-order valence-corrected chi connectivity index (χ1v) is 6.91. The molecule has 0 fully saturated rings. The maximum absolute atomic E-state index is 13.1. The Bertz CT molecular complexity index is 641. The number of carbonyl (C=O) groups is 1. The average Bonchev–Trinajstić information content (AvgIpc) is 2.81. The third-order valence-electron chi connectivity index (χ3n) is 2.79. The van der Waals surface area contributed by atoms with Crippen LogP contribution in [0.1, 0.15) is 29.4 Å². The van der Waals surface area contributed by atoms with Crippen LogP contribution in [-0.2, 0) is 0 Å². The molecule has 4 heteroatoms. The summed E-state index contributed by atoms with van der Waals surface area (Å²) < 4.78 is 13.9. The van der Waals surface area contributed by atoms with E-state index in [1.165, 1.54) is 23.5 Å². The van der Waals surface area contributed by atoms with E-state index in [1.807, 2.05) is 6.92 Å². The second kappa shape index (κ2) is 5.85. The molecule has 2 nitrogen and oxygen atoms in total. The first kappa shape index (κ1) is 13.6. The summed E-state index contributed by atoms with van der Waals surface area (Å²) in [6, 6.07) is 6.00. The van der Waals surface area contributed by atoms with Crippen LogP contribution in [0.15, 0.2) is 24.3 Å². The lowest BCUT2D eigenvalue weighted by atomic mass is 10.2. The standard InChI is InChI=1S/C15H14FNOS/c1-3-5-12(4-2)17-15(18)14-8-10-6-7-11(16)9-13(10)19-14/h2,6-9,12H,3,5H2,1H3,(H,17,18). The highest BCUT2D eigenvalue weighted by Gasteiger charge is 2.14. The van der Waals surface area contributed by atoms with E-state index < -0.39 is 0 Å². The van der Waals surface area contributed by atoms with E-state index in [9.17, 15) is 9.18 Å². The van der Waals surface area contributed by atoms with Crippen molar-refractivity contribution in [2.75, 3.05) is 0 Å². The number of fused-ring (bicyclic) bond motifs is 1. The number of hydrogen-bond acceptors (Lipinski definition) is 2. The van der Waals surface area contributed by atoms with E-state index >= 15 is 0 Å². The van der Waals surface area contributed by atoms with Crippen molar-refractivity contribution in [3.8, 4) is 12.3 Å². The van der Waals surface area contributed by atoms with Gasteiger partial charge in [-0.2, -0.15) is 0 Å². The summed E-state index contributed by atoms with van der Waals surface area (Å²) in [5, 5.41) is 3.67. The molecule has 0 radical (unpaired) electrons. The smallest absolute Gasteiger partial charge is 0.262 e. The summed E-state index contributed by atoms with van der Waals surface area (Å²) in [5.41, 5.74) is 0. The quantitative estimate of drug-likeness (QED) is 0.849. The van der Waals surface area contributed by atoms with Gasteiger partial charge in [0.15, 0.2) is 0 Å². The molecule has 0 saturated carbocycles. The molecule has 2 rings (SSSR count). The van der Waals surface area contributed by atoms with E-state index in [0.717, 1.165) is 22.9 Å². The van der Waals surface area contributed by atoms with Crippen molar-refractivity contribution in [2.24, 2.45) is 0 Å². The molecule has 1 N–H and O–H groups in total. The Morgan fingerprint density at radius 1 is 1.53 bits per heavy atom. The summed E-state index contributed by atoms with van der Waals surface area (Å²) in [5.74, 6) is 2.07. The molecule has 1 unspecified atom stereocenters. The summed E-state index contributed by atoms with van der Waals surface area (Å²) in [6.45, 7) is 2.01. The first-order valence-electron chi connectivity index (χ1n) is 6.10. The summed E-state index contributed by atoms with van der Waals surface area (Å²) in [4.78, 5) is 12.6. The van der Waals surface area contributed by atoms with Gasteiger partial charge in [0.1, 0.15) is 5.82 Å². The molecular formula is C15H14FNOS. The molecule has 98 valence electrons. The van der Waals surface area contributed by atoms with Crippen molar-refractivity contribution >= 4 is 27.3 Å². The van der Waals surface area contributed by atoms with Crippen molar-refractivity contribution in [2.45, 2.75) is 25.8 Å². The highest BCUT2D eigenvalue weighted by molar-refractivity contribution is 7.20. The maximum atomic E-state index is 13.1. The van der Waals surface area contributed by atoms with Gasteiger partial charge in [0.2, 0.25) is 0 Å². The molecule has 1 amide bonds. The van der Waals surface area contributed by atoms with Gasteiger partial charge in [-0.05, 0) is 30.0 Å². The van der Waals surface area contributed by atoms with E-state index in [4.69, 9.17) is 6.42 Å². The largest absolute Gasteiger partial charge is 0.338 e. The topological polar surface area (TPSA) is 29.1 Å². The van der Waals surface area contributed by atoms with Crippen LogP contribution in [0.4, 0.5) is 4.39 Å². The minimum absolute atomic E-state index is 0.196. The second-order valence-corrected chi connectivity index (χ2v) is 5.36. The third-order valence-corrected chi connectivity index (χ3v) is 3.89. The minimum atomic E-state index is -0.297. The Morgan fingerprint density at radius 2 is 2.32 bits per heavy atom. The number of rotatable bonds is 4. The van der Waals surface area contributed by atoms with Gasteiger partial charge in [-0.3, -0.25) is 4.79 Å². The zero-order valence-corrected chi connectivity index (χ0v) is 11.4. The van der Waals surface area contributed by atoms with Crippen LogP contribution in [0.2, 0.25) is 0 Å². The number of amides is 1. The van der Waals surface area contributed by atoms with Gasteiger partial charge in [-0.25, -0.2) is 4.39 Å². The number of thiophene rings is 1. The van der Waals surface area contributed by atoms with E-state index in [1.54, 1.807) is 12.1 Å². The van der Waals surface area contributed by atoms with Crippen LogP contribution in [0, 0.1) is 18.2 Å². The van der Waals surface area contributed by atoms with Crippen LogP contribution in [0.25, 0.3) is 10.1 Å². The molecule has 0 aliphatic heterocycles. The number of carbonyl (C=O) groups excluding carboxylic acids is 1. The van der Waals surface area contributed by atoms with Gasteiger partial charge in [0.05, 0.1) is 10.9 Å². The third kappa shape index (κ3) is 3.12. The second-order valence-electron chi connectivity index (χ2n) is 4.27. The molecule has 1 aromatic carbocycles. The fraction of sp³-hybridized carbons (Fsp3) is 0.267. The lowest BCUT2D eigenvalue weighted by molar-refractivity contribution is 0.0948. The minimum Gasteiger partial charge on any atom is -0.338 e. The molecule has 2 aromatic rings. The van der Waals surface area contributed by atoms with Crippen LogP contribution in [-0.4, -0.2) is 11.9 Å². The molecule has 1 heterocycles. The molecule has 1 atom stereocenters. The number of hydrogen-bond donors (Lipinski definition) is 1. The molecule has 0 aliphatic rings. The normalized spacial score (nSPS) is 12.1. The van der Waals surface area contributed by atoms with Crippen LogP contribution in [0.5, 0.6) is 0 Å². The van der Waals surface area contributed by atoms with Crippen molar-refractivity contribution in [1.29, 1.82) is 0 Å². The number of terminal acetylenes is 1. The summed E-state index contributed by atoms with van der Waals surface area (Å²) in [6.07, 6.45) is 7.03. The maximum Gasteiger partial charge on any atom is 0.262 e. The van der Waals surface area contributed by atoms with Gasteiger partial charge in [-0.15, -0.1) is 17.8 Å². The zero-order chi connectivity index (χ0) is 13.8. The Hall–Kier alpha value is -1.86. The van der Waals surface area contributed by atoms with Gasteiger partial charge >= 0.3 is 0 Å². The molecule has 0 bridgehead atoms. The van der Waals surface area contributed by atoms with E-state index in [0.29, 0.717) is 4.88 Å². The summed E-state index contributed by atoms with van der Waals surface area (Å²) in [7, 11) is 0. The summed E-state index contributed by atoms with van der Waals surface area (Å²) >= 11 is 1.27.